The van der Waals surface area contributed by atoms with Crippen molar-refractivity contribution < 1.29 is 4.79 Å². The van der Waals surface area contributed by atoms with Crippen LogP contribution in [0.15, 0.2) is 0 Å². The van der Waals surface area contributed by atoms with Crippen LogP contribution in [0.4, 0.5) is 0 Å². The Kier molecular flexibility index (Phi) is 4.62. The minimum Gasteiger partial charge on any atom is -0.356 e. The molecular formula is C13H25NO. The third kappa shape index (κ3) is 4.67. The quantitative estimate of drug-likeness (QED) is 0.763. The summed E-state index contributed by atoms with van der Waals surface area (Å²) in [5.41, 5.74) is -0.243. The summed E-state index contributed by atoms with van der Waals surface area (Å²) in [5.74, 6) is 1.04. The summed E-state index contributed by atoms with van der Waals surface area (Å²) in [6.45, 7) is 6.75. The molecule has 0 bridgehead atoms. The van der Waals surface area contributed by atoms with Crippen molar-refractivity contribution in [1.29, 1.82) is 0 Å². The lowest BCUT2D eigenvalue weighted by Crippen LogP contribution is -2.36. The van der Waals surface area contributed by atoms with Crippen molar-refractivity contribution >= 4 is 5.91 Å². The average Bonchev–Trinajstić information content (AvgIpc) is 2.18. The van der Waals surface area contributed by atoms with Crippen molar-refractivity contribution in [2.24, 2.45) is 11.3 Å². The number of carbonyl (C=O) groups excluding carboxylic acids is 1. The maximum Gasteiger partial charge on any atom is 0.225 e. The van der Waals surface area contributed by atoms with E-state index in [2.05, 4.69) is 5.32 Å². The molecule has 0 aromatic rings. The minimum atomic E-state index is -0.243. The number of amides is 1. The van der Waals surface area contributed by atoms with E-state index in [1.807, 2.05) is 20.8 Å². The van der Waals surface area contributed by atoms with E-state index in [-0.39, 0.29) is 11.3 Å². The first kappa shape index (κ1) is 12.5. The van der Waals surface area contributed by atoms with Crippen molar-refractivity contribution in [2.75, 3.05) is 6.54 Å². The molecule has 0 atom stereocenters. The van der Waals surface area contributed by atoms with Gasteiger partial charge >= 0.3 is 0 Å². The average molecular weight is 211 g/mol. The first-order valence-electron chi connectivity index (χ1n) is 6.28. The van der Waals surface area contributed by atoms with Gasteiger partial charge in [-0.15, -0.1) is 0 Å². The van der Waals surface area contributed by atoms with E-state index in [0.29, 0.717) is 0 Å². The van der Waals surface area contributed by atoms with E-state index < -0.39 is 0 Å². The van der Waals surface area contributed by atoms with Crippen LogP contribution in [0.1, 0.15) is 59.3 Å². The lowest BCUT2D eigenvalue weighted by Gasteiger charge is -2.23. The second kappa shape index (κ2) is 5.53. The minimum absolute atomic E-state index is 0.179. The van der Waals surface area contributed by atoms with Crippen LogP contribution in [0.3, 0.4) is 0 Å². The molecule has 1 aliphatic rings. The van der Waals surface area contributed by atoms with Crippen molar-refractivity contribution in [1.82, 2.24) is 5.32 Å². The van der Waals surface area contributed by atoms with Crippen LogP contribution in [-0.4, -0.2) is 12.5 Å². The molecule has 2 heteroatoms. The molecule has 88 valence electrons. The molecule has 2 nitrogen and oxygen atoms in total. The SMILES string of the molecule is CC(C)(C)C(=O)NCCC1CCCCC1. The van der Waals surface area contributed by atoms with Gasteiger partial charge in [-0.25, -0.2) is 0 Å². The van der Waals surface area contributed by atoms with Gasteiger partial charge in [0.05, 0.1) is 0 Å². The standard InChI is InChI=1S/C13H25NO/c1-13(2,3)12(15)14-10-9-11-7-5-4-6-8-11/h11H,4-10H2,1-3H3,(H,14,15). The topological polar surface area (TPSA) is 29.1 Å². The first-order chi connectivity index (χ1) is 7.00. The van der Waals surface area contributed by atoms with Crippen LogP contribution in [0.25, 0.3) is 0 Å². The van der Waals surface area contributed by atoms with Crippen LogP contribution in [-0.2, 0) is 4.79 Å². The molecule has 15 heavy (non-hydrogen) atoms. The molecule has 0 saturated heterocycles. The van der Waals surface area contributed by atoms with Gasteiger partial charge in [0.1, 0.15) is 0 Å². The Labute approximate surface area is 93.8 Å². The molecule has 0 aromatic carbocycles. The smallest absolute Gasteiger partial charge is 0.225 e. The van der Waals surface area contributed by atoms with Crippen molar-refractivity contribution in [3.8, 4) is 0 Å². The van der Waals surface area contributed by atoms with Gasteiger partial charge in [-0.3, -0.25) is 4.79 Å². The Hall–Kier alpha value is -0.530. The summed E-state index contributed by atoms with van der Waals surface area (Å²) < 4.78 is 0. The number of hydrogen-bond acceptors (Lipinski definition) is 1. The van der Waals surface area contributed by atoms with Gasteiger partial charge in [0.15, 0.2) is 0 Å². The first-order valence-corrected chi connectivity index (χ1v) is 6.28. The lowest BCUT2D eigenvalue weighted by atomic mass is 9.87. The fourth-order valence-corrected chi connectivity index (χ4v) is 2.13. The summed E-state index contributed by atoms with van der Waals surface area (Å²) in [4.78, 5) is 11.6. The summed E-state index contributed by atoms with van der Waals surface area (Å²) in [6, 6.07) is 0. The van der Waals surface area contributed by atoms with Crippen molar-refractivity contribution in [3.05, 3.63) is 0 Å². The van der Waals surface area contributed by atoms with Crippen LogP contribution in [0.5, 0.6) is 0 Å². The third-order valence-electron chi connectivity index (χ3n) is 3.24. The number of carbonyl (C=O) groups is 1. The highest BCUT2D eigenvalue weighted by Crippen LogP contribution is 2.25. The molecule has 1 N–H and O–H groups in total. The predicted molar refractivity (Wildman–Crippen MR) is 63.7 cm³/mol. The van der Waals surface area contributed by atoms with Crippen LogP contribution in [0.2, 0.25) is 0 Å². The molecular weight excluding hydrogens is 186 g/mol. The molecule has 0 heterocycles. The fourth-order valence-electron chi connectivity index (χ4n) is 2.13. The molecule has 1 amide bonds. The summed E-state index contributed by atoms with van der Waals surface area (Å²) in [5, 5.41) is 3.03. The summed E-state index contributed by atoms with van der Waals surface area (Å²) in [7, 11) is 0. The van der Waals surface area contributed by atoms with Gasteiger partial charge in [-0.05, 0) is 12.3 Å². The second-order valence-electron chi connectivity index (χ2n) is 5.80. The van der Waals surface area contributed by atoms with E-state index in [1.165, 1.54) is 38.5 Å². The van der Waals surface area contributed by atoms with E-state index >= 15 is 0 Å². The molecule has 0 aliphatic heterocycles. The molecule has 1 rings (SSSR count). The van der Waals surface area contributed by atoms with E-state index in [4.69, 9.17) is 0 Å². The molecule has 1 fully saturated rings. The van der Waals surface area contributed by atoms with Crippen molar-refractivity contribution in [2.45, 2.75) is 59.3 Å². The Balaban J connectivity index is 2.12. The highest BCUT2D eigenvalue weighted by molar-refractivity contribution is 5.81. The molecule has 0 aromatic heterocycles. The molecule has 0 radical (unpaired) electrons. The predicted octanol–water partition coefficient (Wildman–Crippen LogP) is 3.12. The maximum absolute atomic E-state index is 11.6. The van der Waals surface area contributed by atoms with Crippen LogP contribution >= 0.6 is 0 Å². The highest BCUT2D eigenvalue weighted by Gasteiger charge is 2.21. The highest BCUT2D eigenvalue weighted by atomic mass is 16.2. The zero-order valence-electron chi connectivity index (χ0n) is 10.4. The van der Waals surface area contributed by atoms with E-state index in [9.17, 15) is 4.79 Å². The largest absolute Gasteiger partial charge is 0.356 e. The Bertz CT molecular complexity index is 199. The number of nitrogens with one attached hydrogen (secondary N) is 1. The maximum atomic E-state index is 11.6. The number of hydrogen-bond donors (Lipinski definition) is 1. The van der Waals surface area contributed by atoms with Gasteiger partial charge in [0.2, 0.25) is 5.91 Å². The zero-order valence-corrected chi connectivity index (χ0v) is 10.4. The van der Waals surface area contributed by atoms with Crippen LogP contribution < -0.4 is 5.32 Å². The Morgan fingerprint density at radius 3 is 2.33 bits per heavy atom. The normalized spacial score (nSPS) is 18.9. The van der Waals surface area contributed by atoms with Gasteiger partial charge in [-0.1, -0.05) is 52.9 Å². The third-order valence-corrected chi connectivity index (χ3v) is 3.24. The number of rotatable bonds is 3. The second-order valence-corrected chi connectivity index (χ2v) is 5.80. The zero-order chi connectivity index (χ0) is 11.3. The van der Waals surface area contributed by atoms with Crippen molar-refractivity contribution in [3.63, 3.8) is 0 Å². The fraction of sp³-hybridized carbons (Fsp3) is 0.923. The van der Waals surface area contributed by atoms with Gasteiger partial charge in [0, 0.05) is 12.0 Å². The molecule has 0 spiro atoms. The van der Waals surface area contributed by atoms with E-state index in [0.717, 1.165) is 12.5 Å². The Morgan fingerprint density at radius 2 is 1.80 bits per heavy atom. The molecule has 0 unspecified atom stereocenters. The summed E-state index contributed by atoms with van der Waals surface area (Å²) in [6.07, 6.45) is 8.08. The monoisotopic (exact) mass is 211 g/mol. The lowest BCUT2D eigenvalue weighted by molar-refractivity contribution is -0.128. The van der Waals surface area contributed by atoms with Gasteiger partial charge in [0.25, 0.3) is 0 Å². The van der Waals surface area contributed by atoms with E-state index in [1.54, 1.807) is 0 Å². The van der Waals surface area contributed by atoms with Crippen LogP contribution in [0, 0.1) is 11.3 Å². The Morgan fingerprint density at radius 1 is 1.20 bits per heavy atom. The van der Waals surface area contributed by atoms with Gasteiger partial charge in [-0.2, -0.15) is 0 Å². The van der Waals surface area contributed by atoms with Gasteiger partial charge < -0.3 is 5.32 Å². The molecule has 1 saturated carbocycles. The molecule has 1 aliphatic carbocycles. The summed E-state index contributed by atoms with van der Waals surface area (Å²) >= 11 is 0.